The van der Waals surface area contributed by atoms with E-state index in [4.69, 9.17) is 0 Å². The van der Waals surface area contributed by atoms with Crippen molar-refractivity contribution in [3.63, 3.8) is 0 Å². The van der Waals surface area contributed by atoms with Crippen molar-refractivity contribution in [1.82, 2.24) is 0 Å². The summed E-state index contributed by atoms with van der Waals surface area (Å²) in [6.45, 7) is 0. The standard InChI is InChI=1S/C8H8O3.C4F6O3/c9-7-5-3-1-2-4-6(5)8(10)11-7;5-3(6,7)1(11)13-2(12)4(8,9)10/h1,3,5-6H,2,4H2;. The lowest BCUT2D eigenvalue weighted by Gasteiger charge is -2.12. The monoisotopic (exact) mass is 362 g/mol. The summed E-state index contributed by atoms with van der Waals surface area (Å²) in [7, 11) is 0. The van der Waals surface area contributed by atoms with Crippen LogP contribution in [-0.2, 0) is 28.7 Å². The van der Waals surface area contributed by atoms with Gasteiger partial charge in [0.15, 0.2) is 0 Å². The van der Waals surface area contributed by atoms with E-state index in [1.165, 1.54) is 0 Å². The molecule has 2 atom stereocenters. The maximum absolute atomic E-state index is 11.2. The molecule has 1 heterocycles. The van der Waals surface area contributed by atoms with Gasteiger partial charge >= 0.3 is 36.2 Å². The zero-order chi connectivity index (χ0) is 18.7. The summed E-state index contributed by atoms with van der Waals surface area (Å²) in [5.41, 5.74) is 0. The lowest BCUT2D eigenvalue weighted by Crippen LogP contribution is -2.34. The third-order valence-electron chi connectivity index (χ3n) is 2.85. The van der Waals surface area contributed by atoms with Gasteiger partial charge < -0.3 is 9.47 Å². The number of rotatable bonds is 0. The zero-order valence-corrected chi connectivity index (χ0v) is 11.4. The summed E-state index contributed by atoms with van der Waals surface area (Å²) in [6.07, 6.45) is -5.90. The Morgan fingerprint density at radius 2 is 1.50 bits per heavy atom. The number of esters is 4. The van der Waals surface area contributed by atoms with Gasteiger partial charge in [-0.25, -0.2) is 9.59 Å². The number of allylic oxidation sites excluding steroid dienone is 1. The van der Waals surface area contributed by atoms with Crippen molar-refractivity contribution in [2.75, 3.05) is 0 Å². The predicted molar refractivity (Wildman–Crippen MR) is 59.7 cm³/mol. The van der Waals surface area contributed by atoms with Gasteiger partial charge in [0.05, 0.1) is 11.8 Å². The normalized spacial score (nSPS) is 22.9. The number of alkyl halides is 6. The molecule has 0 aromatic heterocycles. The van der Waals surface area contributed by atoms with Gasteiger partial charge in [-0.1, -0.05) is 12.2 Å². The predicted octanol–water partition coefficient (Wildman–Crippen LogP) is 1.83. The van der Waals surface area contributed by atoms with Crippen LogP contribution in [0, 0.1) is 11.8 Å². The van der Waals surface area contributed by atoms with E-state index in [2.05, 4.69) is 9.47 Å². The fourth-order valence-electron chi connectivity index (χ4n) is 1.78. The third kappa shape index (κ3) is 5.06. The molecule has 0 N–H and O–H groups in total. The molecule has 24 heavy (non-hydrogen) atoms. The topological polar surface area (TPSA) is 86.7 Å². The minimum absolute atomic E-state index is 0.188. The van der Waals surface area contributed by atoms with Gasteiger partial charge in [-0.15, -0.1) is 0 Å². The quantitative estimate of drug-likeness (QED) is 0.283. The molecule has 0 aromatic rings. The van der Waals surface area contributed by atoms with E-state index in [-0.39, 0.29) is 23.8 Å². The molecule has 2 rings (SSSR count). The summed E-state index contributed by atoms with van der Waals surface area (Å²) < 4.78 is 74.2. The van der Waals surface area contributed by atoms with Crippen molar-refractivity contribution in [2.24, 2.45) is 11.8 Å². The van der Waals surface area contributed by atoms with Crippen LogP contribution in [0.4, 0.5) is 26.3 Å². The first-order valence-corrected chi connectivity index (χ1v) is 6.16. The van der Waals surface area contributed by atoms with Crippen LogP contribution in [0.15, 0.2) is 12.2 Å². The van der Waals surface area contributed by atoms with Crippen molar-refractivity contribution in [2.45, 2.75) is 25.2 Å². The van der Waals surface area contributed by atoms with E-state index < -0.39 is 24.3 Å². The van der Waals surface area contributed by atoms with E-state index in [0.717, 1.165) is 12.8 Å². The average Bonchev–Trinajstić information content (AvgIpc) is 2.73. The summed E-state index contributed by atoms with van der Waals surface area (Å²) in [6, 6.07) is 0. The molecule has 2 aliphatic rings. The molecule has 0 aromatic carbocycles. The Labute approximate surface area is 129 Å². The van der Waals surface area contributed by atoms with E-state index in [1.54, 1.807) is 6.08 Å². The minimum atomic E-state index is -5.62. The highest BCUT2D eigenvalue weighted by atomic mass is 19.4. The molecule has 6 nitrogen and oxygen atoms in total. The summed E-state index contributed by atoms with van der Waals surface area (Å²) in [5.74, 6) is -7.59. The molecular formula is C12H8F6O6. The van der Waals surface area contributed by atoms with Crippen LogP contribution in [0.25, 0.3) is 0 Å². The first-order valence-electron chi connectivity index (χ1n) is 6.16. The van der Waals surface area contributed by atoms with E-state index in [0.29, 0.717) is 0 Å². The summed E-state index contributed by atoms with van der Waals surface area (Å²) >= 11 is 0. The molecule has 0 spiro atoms. The number of carbonyl (C=O) groups is 4. The Morgan fingerprint density at radius 1 is 1.00 bits per heavy atom. The Hall–Kier alpha value is -2.40. The van der Waals surface area contributed by atoms with Crippen LogP contribution in [-0.4, -0.2) is 36.2 Å². The Morgan fingerprint density at radius 3 is 1.92 bits per heavy atom. The average molecular weight is 362 g/mol. The van der Waals surface area contributed by atoms with Gasteiger partial charge in [0, 0.05) is 0 Å². The van der Waals surface area contributed by atoms with Crippen molar-refractivity contribution in [1.29, 1.82) is 0 Å². The van der Waals surface area contributed by atoms with Gasteiger partial charge in [-0.3, -0.25) is 9.59 Å². The lowest BCUT2D eigenvalue weighted by molar-refractivity contribution is -0.221. The molecule has 0 bridgehead atoms. The van der Waals surface area contributed by atoms with Crippen LogP contribution >= 0.6 is 0 Å². The molecule has 0 saturated carbocycles. The second kappa shape index (κ2) is 7.01. The molecule has 0 amide bonds. The smallest absolute Gasteiger partial charge is 0.392 e. The first kappa shape index (κ1) is 19.6. The molecule has 134 valence electrons. The fourth-order valence-corrected chi connectivity index (χ4v) is 1.78. The molecule has 1 aliphatic heterocycles. The highest BCUT2D eigenvalue weighted by molar-refractivity contribution is 5.97. The zero-order valence-electron chi connectivity index (χ0n) is 11.4. The molecule has 0 radical (unpaired) electrons. The van der Waals surface area contributed by atoms with Gasteiger partial charge in [0.2, 0.25) is 0 Å². The number of hydrogen-bond donors (Lipinski definition) is 0. The van der Waals surface area contributed by atoms with E-state index in [9.17, 15) is 45.5 Å². The summed E-state index contributed by atoms with van der Waals surface area (Å²) in [5, 5.41) is 0. The van der Waals surface area contributed by atoms with Crippen molar-refractivity contribution in [3.8, 4) is 0 Å². The molecule has 12 heteroatoms. The summed E-state index contributed by atoms with van der Waals surface area (Å²) in [4.78, 5) is 41.2. The fraction of sp³-hybridized carbons (Fsp3) is 0.500. The van der Waals surface area contributed by atoms with Gasteiger partial charge in [0.1, 0.15) is 0 Å². The van der Waals surface area contributed by atoms with Crippen LogP contribution in [0.5, 0.6) is 0 Å². The first-order chi connectivity index (χ1) is 10.8. The molecule has 1 fully saturated rings. The van der Waals surface area contributed by atoms with Gasteiger partial charge in [-0.2, -0.15) is 26.3 Å². The Balaban J connectivity index is 0.000000242. The number of halogens is 6. The Bertz CT molecular complexity index is 552. The number of ether oxygens (including phenoxy) is 2. The SMILES string of the molecule is O=C(OC(=O)C(F)(F)F)C(F)(F)F.O=C1OC(=O)C2CCC=CC12. The van der Waals surface area contributed by atoms with Crippen LogP contribution in [0.1, 0.15) is 12.8 Å². The largest absolute Gasteiger partial charge is 0.491 e. The van der Waals surface area contributed by atoms with Crippen LogP contribution in [0.3, 0.4) is 0 Å². The van der Waals surface area contributed by atoms with Crippen molar-refractivity contribution in [3.05, 3.63) is 12.2 Å². The van der Waals surface area contributed by atoms with Crippen LogP contribution in [0.2, 0.25) is 0 Å². The van der Waals surface area contributed by atoms with E-state index in [1.807, 2.05) is 6.08 Å². The van der Waals surface area contributed by atoms with Gasteiger partial charge in [-0.05, 0) is 12.8 Å². The maximum Gasteiger partial charge on any atom is 0.491 e. The molecule has 1 saturated heterocycles. The highest BCUT2D eigenvalue weighted by Crippen LogP contribution is 2.32. The number of hydrogen-bond acceptors (Lipinski definition) is 6. The van der Waals surface area contributed by atoms with Crippen molar-refractivity contribution < 1.29 is 55.0 Å². The third-order valence-corrected chi connectivity index (χ3v) is 2.85. The number of fused-ring (bicyclic) bond motifs is 1. The number of carbonyl (C=O) groups excluding carboxylic acids is 4. The second-order valence-corrected chi connectivity index (χ2v) is 4.55. The van der Waals surface area contributed by atoms with Crippen LogP contribution < -0.4 is 0 Å². The molecular weight excluding hydrogens is 354 g/mol. The lowest BCUT2D eigenvalue weighted by atomic mass is 9.86. The minimum Gasteiger partial charge on any atom is -0.392 e. The molecule has 1 aliphatic carbocycles. The van der Waals surface area contributed by atoms with Gasteiger partial charge in [0.25, 0.3) is 0 Å². The maximum atomic E-state index is 11.2. The highest BCUT2D eigenvalue weighted by Gasteiger charge is 2.49. The number of cyclic esters (lactones) is 2. The van der Waals surface area contributed by atoms with Crippen molar-refractivity contribution >= 4 is 23.9 Å². The Kier molecular flexibility index (Phi) is 5.74. The second-order valence-electron chi connectivity index (χ2n) is 4.55. The van der Waals surface area contributed by atoms with E-state index >= 15 is 0 Å². The molecule has 2 unspecified atom stereocenters.